The van der Waals surface area contributed by atoms with Gasteiger partial charge in [0.2, 0.25) is 0 Å². The number of hydrogen-bond donors (Lipinski definition) is 1. The van der Waals surface area contributed by atoms with Crippen LogP contribution in [0.5, 0.6) is 5.75 Å². The van der Waals surface area contributed by atoms with Crippen LogP contribution in [0.15, 0.2) is 39.3 Å². The molecule has 0 aliphatic heterocycles. The molecule has 112 valence electrons. The molecule has 1 N–H and O–H groups in total. The number of aryl methyl sites for hydroxylation is 1. The van der Waals surface area contributed by atoms with Crippen LogP contribution in [0.25, 0.3) is 0 Å². The minimum atomic E-state index is -0.00755. The van der Waals surface area contributed by atoms with Crippen molar-refractivity contribution < 1.29 is 4.74 Å². The highest BCUT2D eigenvalue weighted by atomic mass is 79.9. The molecule has 2 aromatic carbocycles. The Kier molecular flexibility index (Phi) is 5.72. The molecule has 21 heavy (non-hydrogen) atoms. The van der Waals surface area contributed by atoms with Gasteiger partial charge in [-0.2, -0.15) is 0 Å². The Morgan fingerprint density at radius 1 is 1.14 bits per heavy atom. The highest BCUT2D eigenvalue weighted by Crippen LogP contribution is 2.38. The van der Waals surface area contributed by atoms with Crippen molar-refractivity contribution in [3.8, 4) is 5.75 Å². The average Bonchev–Trinajstić information content (AvgIpc) is 2.43. The Morgan fingerprint density at radius 3 is 2.43 bits per heavy atom. The fraction of sp³-hybridized carbons (Fsp3) is 0.250. The van der Waals surface area contributed by atoms with Crippen molar-refractivity contribution in [2.45, 2.75) is 13.0 Å². The summed E-state index contributed by atoms with van der Waals surface area (Å²) in [6, 6.07) is 10.1. The van der Waals surface area contributed by atoms with E-state index in [9.17, 15) is 0 Å². The van der Waals surface area contributed by atoms with E-state index in [1.165, 1.54) is 5.56 Å². The third-order valence-corrected chi connectivity index (χ3v) is 5.03. The lowest BCUT2D eigenvalue weighted by Crippen LogP contribution is -2.18. The average molecular weight is 434 g/mol. The Labute approximate surface area is 147 Å². The molecule has 0 aliphatic rings. The molecule has 0 amide bonds. The molecule has 0 radical (unpaired) electrons. The van der Waals surface area contributed by atoms with E-state index in [0.29, 0.717) is 5.02 Å². The van der Waals surface area contributed by atoms with Crippen LogP contribution in [0.4, 0.5) is 0 Å². The van der Waals surface area contributed by atoms with Gasteiger partial charge < -0.3 is 10.1 Å². The maximum atomic E-state index is 6.20. The largest absolute Gasteiger partial charge is 0.495 e. The summed E-state index contributed by atoms with van der Waals surface area (Å²) in [7, 11) is 3.59. The van der Waals surface area contributed by atoms with E-state index < -0.39 is 0 Å². The predicted molar refractivity (Wildman–Crippen MR) is 95.5 cm³/mol. The van der Waals surface area contributed by atoms with E-state index in [0.717, 1.165) is 25.8 Å². The maximum absolute atomic E-state index is 6.20. The zero-order valence-electron chi connectivity index (χ0n) is 12.0. The van der Waals surface area contributed by atoms with Gasteiger partial charge in [-0.25, -0.2) is 0 Å². The second-order valence-corrected chi connectivity index (χ2v) is 6.89. The van der Waals surface area contributed by atoms with E-state index >= 15 is 0 Å². The van der Waals surface area contributed by atoms with Gasteiger partial charge >= 0.3 is 0 Å². The smallest absolute Gasteiger partial charge is 0.138 e. The van der Waals surface area contributed by atoms with Crippen molar-refractivity contribution in [1.82, 2.24) is 5.32 Å². The maximum Gasteiger partial charge on any atom is 0.138 e. The molecule has 5 heteroatoms. The first-order valence-electron chi connectivity index (χ1n) is 6.44. The molecule has 1 atom stereocenters. The first-order valence-corrected chi connectivity index (χ1v) is 8.40. The van der Waals surface area contributed by atoms with Gasteiger partial charge in [0.05, 0.1) is 17.6 Å². The minimum absolute atomic E-state index is 0.00755. The lowest BCUT2D eigenvalue weighted by Gasteiger charge is -2.21. The first kappa shape index (κ1) is 16.8. The van der Waals surface area contributed by atoms with Crippen molar-refractivity contribution in [3.63, 3.8) is 0 Å². The summed E-state index contributed by atoms with van der Waals surface area (Å²) in [6.45, 7) is 2.07. The van der Waals surface area contributed by atoms with Crippen molar-refractivity contribution in [2.24, 2.45) is 0 Å². The minimum Gasteiger partial charge on any atom is -0.495 e. The third kappa shape index (κ3) is 3.62. The molecule has 0 heterocycles. The van der Waals surface area contributed by atoms with E-state index in [-0.39, 0.29) is 6.04 Å². The summed E-state index contributed by atoms with van der Waals surface area (Å²) >= 11 is 13.3. The van der Waals surface area contributed by atoms with Crippen LogP contribution < -0.4 is 10.1 Å². The normalized spacial score (nSPS) is 12.3. The molecule has 0 spiro atoms. The number of rotatable bonds is 4. The Hall–Kier alpha value is -0.550. The molecule has 2 rings (SSSR count). The predicted octanol–water partition coefficient (Wildman–Crippen LogP) is 5.49. The van der Waals surface area contributed by atoms with Gasteiger partial charge in [-0.05, 0) is 59.2 Å². The van der Waals surface area contributed by atoms with Gasteiger partial charge in [0, 0.05) is 15.1 Å². The molecule has 1 unspecified atom stereocenters. The van der Waals surface area contributed by atoms with Gasteiger partial charge in [0.25, 0.3) is 0 Å². The van der Waals surface area contributed by atoms with Crippen LogP contribution in [0.3, 0.4) is 0 Å². The standard InChI is InChI=1S/C16H16Br2ClNO/c1-9-4-5-10(6-13(9)17)15(20-2)12-7-11(19)8-14(18)16(12)21-3/h4-8,15,20H,1-3H3. The second kappa shape index (κ2) is 7.14. The molecule has 2 aromatic rings. The lowest BCUT2D eigenvalue weighted by molar-refractivity contribution is 0.402. The molecular weight excluding hydrogens is 417 g/mol. The quantitative estimate of drug-likeness (QED) is 0.688. The summed E-state index contributed by atoms with van der Waals surface area (Å²) in [5, 5.41) is 4.00. The number of hydrogen-bond acceptors (Lipinski definition) is 2. The fourth-order valence-electron chi connectivity index (χ4n) is 2.30. The zero-order chi connectivity index (χ0) is 15.6. The topological polar surface area (TPSA) is 21.3 Å². The summed E-state index contributed by atoms with van der Waals surface area (Å²) < 4.78 is 7.46. The molecule has 0 saturated heterocycles. The van der Waals surface area contributed by atoms with Gasteiger partial charge in [0.1, 0.15) is 5.75 Å². The molecule has 0 aromatic heterocycles. The van der Waals surface area contributed by atoms with Crippen LogP contribution >= 0.6 is 43.5 Å². The Morgan fingerprint density at radius 2 is 1.86 bits per heavy atom. The molecule has 0 fully saturated rings. The van der Waals surface area contributed by atoms with Crippen LogP contribution in [0, 0.1) is 6.92 Å². The summed E-state index contributed by atoms with van der Waals surface area (Å²) in [4.78, 5) is 0. The number of halogens is 3. The third-order valence-electron chi connectivity index (χ3n) is 3.37. The number of nitrogens with one attached hydrogen (secondary N) is 1. The first-order chi connectivity index (χ1) is 9.97. The van der Waals surface area contributed by atoms with Gasteiger partial charge in [-0.15, -0.1) is 0 Å². The van der Waals surface area contributed by atoms with Gasteiger partial charge in [0.15, 0.2) is 0 Å². The van der Waals surface area contributed by atoms with Crippen molar-refractivity contribution in [3.05, 3.63) is 61.0 Å². The monoisotopic (exact) mass is 431 g/mol. The SMILES string of the molecule is CNC(c1ccc(C)c(Br)c1)c1cc(Cl)cc(Br)c1OC. The number of benzene rings is 2. The van der Waals surface area contributed by atoms with E-state index in [1.807, 2.05) is 19.2 Å². The summed E-state index contributed by atoms with van der Waals surface area (Å²) in [6.07, 6.45) is 0. The summed E-state index contributed by atoms with van der Waals surface area (Å²) in [5.74, 6) is 0.787. The lowest BCUT2D eigenvalue weighted by atomic mass is 9.97. The van der Waals surface area contributed by atoms with Gasteiger partial charge in [-0.1, -0.05) is 39.7 Å². The van der Waals surface area contributed by atoms with Crippen LogP contribution in [0.2, 0.25) is 5.02 Å². The number of methoxy groups -OCH3 is 1. The molecule has 0 saturated carbocycles. The van der Waals surface area contributed by atoms with E-state index in [2.05, 4.69) is 62.3 Å². The highest BCUT2D eigenvalue weighted by molar-refractivity contribution is 9.10. The van der Waals surface area contributed by atoms with Crippen molar-refractivity contribution in [1.29, 1.82) is 0 Å². The molecule has 0 bridgehead atoms. The Bertz CT molecular complexity index is 661. The van der Waals surface area contributed by atoms with Crippen LogP contribution in [0.1, 0.15) is 22.7 Å². The Balaban J connectivity index is 2.58. The van der Waals surface area contributed by atoms with Crippen molar-refractivity contribution in [2.75, 3.05) is 14.2 Å². The fourth-order valence-corrected chi connectivity index (χ4v) is 3.69. The van der Waals surface area contributed by atoms with Crippen LogP contribution in [-0.4, -0.2) is 14.2 Å². The molecular formula is C16H16Br2ClNO. The zero-order valence-corrected chi connectivity index (χ0v) is 15.9. The second-order valence-electron chi connectivity index (χ2n) is 4.74. The van der Waals surface area contributed by atoms with Crippen LogP contribution in [-0.2, 0) is 0 Å². The highest BCUT2D eigenvalue weighted by Gasteiger charge is 2.20. The number of ether oxygens (including phenoxy) is 1. The molecule has 2 nitrogen and oxygen atoms in total. The van der Waals surface area contributed by atoms with E-state index in [4.69, 9.17) is 16.3 Å². The molecule has 0 aliphatic carbocycles. The van der Waals surface area contributed by atoms with E-state index in [1.54, 1.807) is 7.11 Å². The van der Waals surface area contributed by atoms with Gasteiger partial charge in [-0.3, -0.25) is 0 Å². The van der Waals surface area contributed by atoms with Crippen molar-refractivity contribution >= 4 is 43.5 Å². The summed E-state index contributed by atoms with van der Waals surface area (Å²) in [5.41, 5.74) is 3.34.